The summed E-state index contributed by atoms with van der Waals surface area (Å²) in [5.74, 6) is 0.479. The lowest BCUT2D eigenvalue weighted by molar-refractivity contribution is -0.114. The lowest BCUT2D eigenvalue weighted by Crippen LogP contribution is -2.25. The minimum absolute atomic E-state index is 0.0166. The Kier molecular flexibility index (Phi) is 2.75. The summed E-state index contributed by atoms with van der Waals surface area (Å²) in [4.78, 5) is 11.5. The molecule has 2 nitrogen and oxygen atoms in total. The van der Waals surface area contributed by atoms with Gasteiger partial charge in [0.1, 0.15) is 0 Å². The summed E-state index contributed by atoms with van der Waals surface area (Å²) in [6.45, 7) is 4.38. The molecule has 0 aliphatic heterocycles. The molecule has 0 bridgehead atoms. The van der Waals surface area contributed by atoms with Crippen LogP contribution in [0.5, 0.6) is 0 Å². The molecule has 2 aliphatic rings. The third-order valence-corrected chi connectivity index (χ3v) is 3.74. The number of ketones is 1. The van der Waals surface area contributed by atoms with Crippen LogP contribution in [0.3, 0.4) is 0 Å². The second-order valence-corrected chi connectivity index (χ2v) is 4.88. The van der Waals surface area contributed by atoms with Crippen molar-refractivity contribution in [3.05, 3.63) is 35.1 Å². The molecule has 2 heteroatoms. The van der Waals surface area contributed by atoms with E-state index in [1.807, 2.05) is 12.2 Å². The van der Waals surface area contributed by atoms with E-state index in [4.69, 9.17) is 4.74 Å². The smallest absolute Gasteiger partial charge is 0.219 e. The second kappa shape index (κ2) is 3.93. The van der Waals surface area contributed by atoms with E-state index in [9.17, 15) is 4.79 Å². The summed E-state index contributed by atoms with van der Waals surface area (Å²) < 4.78 is 5.14. The van der Waals surface area contributed by atoms with Crippen molar-refractivity contribution in [1.29, 1.82) is 0 Å². The van der Waals surface area contributed by atoms with Crippen molar-refractivity contribution in [2.75, 3.05) is 7.11 Å². The van der Waals surface area contributed by atoms with E-state index in [2.05, 4.69) is 13.8 Å². The van der Waals surface area contributed by atoms with Gasteiger partial charge in [-0.1, -0.05) is 17.2 Å². The molecule has 0 aromatic heterocycles. The minimum atomic E-state index is -0.0166. The summed E-state index contributed by atoms with van der Waals surface area (Å²) in [6, 6.07) is 0. The van der Waals surface area contributed by atoms with Gasteiger partial charge in [-0.05, 0) is 45.3 Å². The van der Waals surface area contributed by atoms with Crippen molar-refractivity contribution >= 4 is 5.78 Å². The Morgan fingerprint density at radius 3 is 2.69 bits per heavy atom. The Morgan fingerprint density at radius 2 is 2.06 bits per heavy atom. The van der Waals surface area contributed by atoms with Crippen molar-refractivity contribution in [3.8, 4) is 0 Å². The normalized spacial score (nSPS) is 29.7. The number of hydrogen-bond acceptors (Lipinski definition) is 2. The lowest BCUT2D eigenvalue weighted by atomic mass is 9.70. The van der Waals surface area contributed by atoms with Gasteiger partial charge in [0.2, 0.25) is 5.78 Å². The van der Waals surface area contributed by atoms with Gasteiger partial charge >= 0.3 is 0 Å². The van der Waals surface area contributed by atoms with Crippen LogP contribution in [0, 0.1) is 5.41 Å². The topological polar surface area (TPSA) is 26.3 Å². The van der Waals surface area contributed by atoms with Gasteiger partial charge in [0.25, 0.3) is 0 Å². The first kappa shape index (κ1) is 11.2. The molecule has 0 saturated carbocycles. The number of carbonyl (C=O) groups is 1. The van der Waals surface area contributed by atoms with E-state index < -0.39 is 0 Å². The van der Waals surface area contributed by atoms with E-state index in [0.29, 0.717) is 5.76 Å². The summed E-state index contributed by atoms with van der Waals surface area (Å²) in [7, 11) is 1.56. The molecule has 16 heavy (non-hydrogen) atoms. The largest absolute Gasteiger partial charge is 0.493 e. The number of hydrogen-bond donors (Lipinski definition) is 0. The molecule has 0 heterocycles. The van der Waals surface area contributed by atoms with Crippen molar-refractivity contribution in [2.45, 2.75) is 33.1 Å². The number of ether oxygens (including phenoxy) is 1. The van der Waals surface area contributed by atoms with Crippen LogP contribution in [-0.2, 0) is 9.53 Å². The van der Waals surface area contributed by atoms with Gasteiger partial charge < -0.3 is 4.74 Å². The van der Waals surface area contributed by atoms with Gasteiger partial charge in [-0.2, -0.15) is 0 Å². The highest BCUT2D eigenvalue weighted by Gasteiger charge is 2.33. The molecule has 0 aromatic carbocycles. The maximum atomic E-state index is 11.5. The van der Waals surface area contributed by atoms with Gasteiger partial charge in [0.05, 0.1) is 7.11 Å². The number of allylic oxidation sites excluding steroid dienone is 5. The predicted octanol–water partition coefficient (Wildman–Crippen LogP) is 3.16. The maximum Gasteiger partial charge on any atom is 0.219 e. The molecule has 0 saturated heterocycles. The van der Waals surface area contributed by atoms with Crippen molar-refractivity contribution in [2.24, 2.45) is 5.41 Å². The molecule has 86 valence electrons. The molecular formula is C14H18O2. The molecule has 2 rings (SSSR count). The molecule has 0 fully saturated rings. The average Bonchev–Trinajstić information content (AvgIpc) is 2.28. The number of methoxy groups -OCH3 is 1. The highest BCUT2D eigenvalue weighted by atomic mass is 16.5. The van der Waals surface area contributed by atoms with Crippen LogP contribution in [0.2, 0.25) is 0 Å². The molecule has 1 spiro atoms. The van der Waals surface area contributed by atoms with Gasteiger partial charge in [-0.25, -0.2) is 0 Å². The van der Waals surface area contributed by atoms with E-state index in [0.717, 1.165) is 19.3 Å². The lowest BCUT2D eigenvalue weighted by Gasteiger charge is -2.35. The predicted molar refractivity (Wildman–Crippen MR) is 63.9 cm³/mol. The van der Waals surface area contributed by atoms with E-state index in [-0.39, 0.29) is 11.2 Å². The summed E-state index contributed by atoms with van der Waals surface area (Å²) in [5.41, 5.74) is 2.95. The Balaban J connectivity index is 2.32. The third-order valence-electron chi connectivity index (χ3n) is 3.74. The van der Waals surface area contributed by atoms with Crippen LogP contribution in [0.25, 0.3) is 0 Å². The summed E-state index contributed by atoms with van der Waals surface area (Å²) in [5, 5.41) is 0. The van der Waals surface area contributed by atoms with E-state index in [1.165, 1.54) is 11.1 Å². The zero-order valence-corrected chi connectivity index (χ0v) is 10.2. The van der Waals surface area contributed by atoms with E-state index >= 15 is 0 Å². The molecule has 1 atom stereocenters. The van der Waals surface area contributed by atoms with Crippen LogP contribution in [0.15, 0.2) is 35.1 Å². The fourth-order valence-corrected chi connectivity index (χ4v) is 2.50. The summed E-state index contributed by atoms with van der Waals surface area (Å²) >= 11 is 0. The van der Waals surface area contributed by atoms with Crippen LogP contribution >= 0.6 is 0 Å². The van der Waals surface area contributed by atoms with E-state index in [1.54, 1.807) is 13.2 Å². The fourth-order valence-electron chi connectivity index (χ4n) is 2.50. The quantitative estimate of drug-likeness (QED) is 0.632. The Bertz CT molecular complexity index is 412. The standard InChI is InChI=1S/C14H18O2/c1-10-4-6-14(8-11(10)2)7-5-12(15)13(9-14)16-3/h5,7,9H,4,6,8H2,1-3H3. The molecule has 2 aliphatic carbocycles. The van der Waals surface area contributed by atoms with Crippen LogP contribution < -0.4 is 0 Å². The Hall–Kier alpha value is -1.31. The van der Waals surface area contributed by atoms with Gasteiger partial charge in [0.15, 0.2) is 5.76 Å². The van der Waals surface area contributed by atoms with Crippen molar-refractivity contribution < 1.29 is 9.53 Å². The fraction of sp³-hybridized carbons (Fsp3) is 0.500. The highest BCUT2D eigenvalue weighted by molar-refractivity contribution is 6.03. The summed E-state index contributed by atoms with van der Waals surface area (Å²) in [6.07, 6.45) is 8.91. The first-order chi connectivity index (χ1) is 7.56. The first-order valence-corrected chi connectivity index (χ1v) is 5.72. The zero-order chi connectivity index (χ0) is 11.8. The van der Waals surface area contributed by atoms with Crippen molar-refractivity contribution in [3.63, 3.8) is 0 Å². The molecule has 0 radical (unpaired) electrons. The Labute approximate surface area is 96.7 Å². The molecule has 0 amide bonds. The number of carbonyl (C=O) groups excluding carboxylic acids is 1. The molecule has 1 unspecified atom stereocenters. The van der Waals surface area contributed by atoms with Crippen molar-refractivity contribution in [1.82, 2.24) is 0 Å². The monoisotopic (exact) mass is 218 g/mol. The SMILES string of the molecule is COC1=CC2(C=CC1=O)CCC(C)=C(C)C2. The molecule has 0 N–H and O–H groups in total. The van der Waals surface area contributed by atoms with Gasteiger partial charge in [-0.15, -0.1) is 0 Å². The van der Waals surface area contributed by atoms with Crippen LogP contribution in [-0.4, -0.2) is 12.9 Å². The zero-order valence-electron chi connectivity index (χ0n) is 10.2. The second-order valence-electron chi connectivity index (χ2n) is 4.88. The minimum Gasteiger partial charge on any atom is -0.493 e. The first-order valence-electron chi connectivity index (χ1n) is 5.72. The molecular weight excluding hydrogens is 200 g/mol. The van der Waals surface area contributed by atoms with Crippen LogP contribution in [0.4, 0.5) is 0 Å². The number of rotatable bonds is 1. The highest BCUT2D eigenvalue weighted by Crippen LogP contribution is 2.43. The van der Waals surface area contributed by atoms with Crippen LogP contribution in [0.1, 0.15) is 33.1 Å². The van der Waals surface area contributed by atoms with Gasteiger partial charge in [0, 0.05) is 5.41 Å². The third kappa shape index (κ3) is 1.84. The Morgan fingerprint density at radius 1 is 1.31 bits per heavy atom. The maximum absolute atomic E-state index is 11.5. The average molecular weight is 218 g/mol. The molecule has 0 aromatic rings. The van der Waals surface area contributed by atoms with Gasteiger partial charge in [-0.3, -0.25) is 4.79 Å².